The highest BCUT2D eigenvalue weighted by atomic mass is 19.4. The Morgan fingerprint density at radius 1 is 1.00 bits per heavy atom. The molecule has 4 heteroatoms. The van der Waals surface area contributed by atoms with Gasteiger partial charge in [0, 0.05) is 5.39 Å². The topological polar surface area (TPSA) is 9.23 Å². The third-order valence-electron chi connectivity index (χ3n) is 2.56. The van der Waals surface area contributed by atoms with Gasteiger partial charge in [0.2, 0.25) is 0 Å². The molecular weight excluding hydrogens is 253 g/mol. The maximum Gasteiger partial charge on any atom is 0.573 e. The maximum atomic E-state index is 12.3. The van der Waals surface area contributed by atoms with Crippen LogP contribution in [-0.2, 0) is 6.42 Å². The van der Waals surface area contributed by atoms with E-state index in [1.807, 2.05) is 32.9 Å². The maximum absolute atomic E-state index is 12.3. The van der Waals surface area contributed by atoms with Gasteiger partial charge in [-0.05, 0) is 23.4 Å². The van der Waals surface area contributed by atoms with E-state index in [2.05, 4.69) is 4.74 Å². The predicted octanol–water partition coefficient (Wildman–Crippen LogP) is 5.33. The quantitative estimate of drug-likeness (QED) is 0.717. The molecule has 1 nitrogen and oxygen atoms in total. The fraction of sp³-hybridized carbons (Fsp3) is 0.333. The predicted molar refractivity (Wildman–Crippen MR) is 71.4 cm³/mol. The summed E-state index contributed by atoms with van der Waals surface area (Å²) in [6, 6.07) is 10.1. The molecule has 0 heterocycles. The zero-order valence-electron chi connectivity index (χ0n) is 11.2. The molecular formula is C15H17F3O. The van der Waals surface area contributed by atoms with Crippen LogP contribution in [0.4, 0.5) is 13.2 Å². The summed E-state index contributed by atoms with van der Waals surface area (Å²) < 4.78 is 40.9. The Balaban J connectivity index is 0.000000861. The van der Waals surface area contributed by atoms with E-state index in [4.69, 9.17) is 0 Å². The molecule has 0 aliphatic heterocycles. The molecule has 0 radical (unpaired) electrons. The Bertz CT molecular complexity index is 527. The Morgan fingerprint density at radius 2 is 1.58 bits per heavy atom. The van der Waals surface area contributed by atoms with Crippen LogP contribution in [0.2, 0.25) is 0 Å². The monoisotopic (exact) mass is 270 g/mol. The molecule has 0 amide bonds. The third kappa shape index (κ3) is 3.88. The molecule has 0 unspecified atom stereocenters. The zero-order valence-corrected chi connectivity index (χ0v) is 11.2. The molecule has 0 aliphatic carbocycles. The molecule has 0 saturated heterocycles. The molecule has 0 atom stereocenters. The minimum Gasteiger partial charge on any atom is -0.405 e. The summed E-state index contributed by atoms with van der Waals surface area (Å²) in [5.74, 6) is -0.132. The average molecular weight is 270 g/mol. The van der Waals surface area contributed by atoms with Crippen LogP contribution in [-0.4, -0.2) is 6.36 Å². The number of fused-ring (bicyclic) bond motifs is 1. The lowest BCUT2D eigenvalue weighted by atomic mass is 10.0. The first-order valence-corrected chi connectivity index (χ1v) is 6.27. The smallest absolute Gasteiger partial charge is 0.405 e. The van der Waals surface area contributed by atoms with Crippen LogP contribution in [0.1, 0.15) is 26.3 Å². The summed E-state index contributed by atoms with van der Waals surface area (Å²) in [5, 5.41) is 1.29. The van der Waals surface area contributed by atoms with Gasteiger partial charge in [0.05, 0.1) is 0 Å². The van der Waals surface area contributed by atoms with Gasteiger partial charge in [0.15, 0.2) is 0 Å². The molecule has 19 heavy (non-hydrogen) atoms. The summed E-state index contributed by atoms with van der Waals surface area (Å²) in [6.07, 6.45) is -4.00. The molecule has 0 aromatic heterocycles. The lowest BCUT2D eigenvalue weighted by molar-refractivity contribution is -0.274. The van der Waals surface area contributed by atoms with E-state index in [9.17, 15) is 13.2 Å². The molecule has 0 aliphatic rings. The summed E-state index contributed by atoms with van der Waals surface area (Å²) in [7, 11) is 0. The van der Waals surface area contributed by atoms with Gasteiger partial charge in [0.1, 0.15) is 5.75 Å². The summed E-state index contributed by atoms with van der Waals surface area (Å²) in [5.41, 5.74) is 0.849. The van der Waals surface area contributed by atoms with E-state index in [1.165, 1.54) is 6.07 Å². The largest absolute Gasteiger partial charge is 0.573 e. The van der Waals surface area contributed by atoms with Crippen LogP contribution in [0.25, 0.3) is 10.8 Å². The van der Waals surface area contributed by atoms with Crippen molar-refractivity contribution in [3.05, 3.63) is 42.0 Å². The number of ether oxygens (including phenoxy) is 1. The van der Waals surface area contributed by atoms with Crippen molar-refractivity contribution >= 4 is 10.8 Å². The SMILES string of the molecule is CC.CCc1cccc2cccc(OC(F)(F)F)c12. The van der Waals surface area contributed by atoms with Crippen LogP contribution in [0, 0.1) is 0 Å². The number of halogens is 3. The molecule has 0 bridgehead atoms. The second-order valence-corrected chi connectivity index (χ2v) is 3.67. The first kappa shape index (κ1) is 15.3. The molecule has 0 spiro atoms. The van der Waals surface area contributed by atoms with E-state index >= 15 is 0 Å². The van der Waals surface area contributed by atoms with E-state index in [0.717, 1.165) is 10.9 Å². The highest BCUT2D eigenvalue weighted by Gasteiger charge is 2.31. The molecule has 2 aromatic rings. The highest BCUT2D eigenvalue weighted by molar-refractivity contribution is 5.91. The molecule has 0 fully saturated rings. The van der Waals surface area contributed by atoms with Crippen molar-refractivity contribution in [1.29, 1.82) is 0 Å². The van der Waals surface area contributed by atoms with Crippen molar-refractivity contribution in [2.24, 2.45) is 0 Å². The van der Waals surface area contributed by atoms with Gasteiger partial charge >= 0.3 is 6.36 Å². The lowest BCUT2D eigenvalue weighted by Gasteiger charge is -2.13. The molecule has 0 saturated carbocycles. The second-order valence-electron chi connectivity index (χ2n) is 3.67. The van der Waals surface area contributed by atoms with Crippen LogP contribution in [0.3, 0.4) is 0 Å². The van der Waals surface area contributed by atoms with Gasteiger partial charge in [0.25, 0.3) is 0 Å². The summed E-state index contributed by atoms with van der Waals surface area (Å²) >= 11 is 0. The Morgan fingerprint density at radius 3 is 2.11 bits per heavy atom. The van der Waals surface area contributed by atoms with Crippen molar-refractivity contribution < 1.29 is 17.9 Å². The summed E-state index contributed by atoms with van der Waals surface area (Å²) in [6.45, 7) is 5.90. The van der Waals surface area contributed by atoms with Gasteiger partial charge in [-0.2, -0.15) is 0 Å². The lowest BCUT2D eigenvalue weighted by Crippen LogP contribution is -2.17. The molecule has 104 valence electrons. The Labute approximate surface area is 111 Å². The standard InChI is InChI=1S/C13H11F3O.C2H6/c1-2-9-5-3-6-10-7-4-8-11(12(9)10)17-13(14,15)16;1-2/h3-8H,2H2,1H3;1-2H3. The number of rotatable bonds is 2. The first-order chi connectivity index (χ1) is 9.01. The van der Waals surface area contributed by atoms with Crippen LogP contribution < -0.4 is 4.74 Å². The number of hydrogen-bond donors (Lipinski definition) is 0. The van der Waals surface area contributed by atoms with E-state index < -0.39 is 6.36 Å². The summed E-state index contributed by atoms with van der Waals surface area (Å²) in [4.78, 5) is 0. The van der Waals surface area contributed by atoms with E-state index in [-0.39, 0.29) is 5.75 Å². The Hall–Kier alpha value is -1.71. The molecule has 2 aromatic carbocycles. The molecule has 0 N–H and O–H groups in total. The van der Waals surface area contributed by atoms with Crippen molar-refractivity contribution in [3.63, 3.8) is 0 Å². The third-order valence-corrected chi connectivity index (χ3v) is 2.56. The molecule has 2 rings (SSSR count). The fourth-order valence-electron chi connectivity index (χ4n) is 1.89. The normalized spacial score (nSPS) is 10.8. The van der Waals surface area contributed by atoms with Crippen LogP contribution >= 0.6 is 0 Å². The number of hydrogen-bond acceptors (Lipinski definition) is 1. The number of alkyl halides is 3. The van der Waals surface area contributed by atoms with Crippen LogP contribution in [0.15, 0.2) is 36.4 Å². The van der Waals surface area contributed by atoms with Gasteiger partial charge in [-0.3, -0.25) is 0 Å². The minimum atomic E-state index is -4.66. The van der Waals surface area contributed by atoms with Gasteiger partial charge in [-0.1, -0.05) is 51.1 Å². The number of benzene rings is 2. The van der Waals surface area contributed by atoms with Crippen LogP contribution in [0.5, 0.6) is 5.75 Å². The van der Waals surface area contributed by atoms with E-state index in [1.54, 1.807) is 18.2 Å². The van der Waals surface area contributed by atoms with Crippen molar-refractivity contribution in [2.75, 3.05) is 0 Å². The van der Waals surface area contributed by atoms with Gasteiger partial charge < -0.3 is 4.74 Å². The van der Waals surface area contributed by atoms with Crippen molar-refractivity contribution in [1.82, 2.24) is 0 Å². The minimum absolute atomic E-state index is 0.132. The van der Waals surface area contributed by atoms with Crippen molar-refractivity contribution in [2.45, 2.75) is 33.6 Å². The second kappa shape index (κ2) is 6.45. The first-order valence-electron chi connectivity index (χ1n) is 6.27. The number of aryl methyl sites for hydroxylation is 1. The van der Waals surface area contributed by atoms with E-state index in [0.29, 0.717) is 11.8 Å². The van der Waals surface area contributed by atoms with Gasteiger partial charge in [-0.15, -0.1) is 13.2 Å². The fourth-order valence-corrected chi connectivity index (χ4v) is 1.89. The zero-order chi connectivity index (χ0) is 14.5. The van der Waals surface area contributed by atoms with Crippen molar-refractivity contribution in [3.8, 4) is 5.75 Å². The van der Waals surface area contributed by atoms with Gasteiger partial charge in [-0.25, -0.2) is 0 Å². The Kier molecular flexibility index (Phi) is 5.21. The average Bonchev–Trinajstić information content (AvgIpc) is 2.39. The highest BCUT2D eigenvalue weighted by Crippen LogP contribution is 2.33.